The minimum absolute atomic E-state index is 0.0774. The van der Waals surface area contributed by atoms with E-state index in [0.29, 0.717) is 42.5 Å². The largest absolute Gasteiger partial charge is 0.468 e. The summed E-state index contributed by atoms with van der Waals surface area (Å²) in [5.74, 6) is -2.00. The Morgan fingerprint density at radius 2 is 1.53 bits per heavy atom. The van der Waals surface area contributed by atoms with Gasteiger partial charge in [0, 0.05) is 38.7 Å². The van der Waals surface area contributed by atoms with Crippen molar-refractivity contribution in [2.75, 3.05) is 51.6 Å². The van der Waals surface area contributed by atoms with E-state index in [0.717, 1.165) is 0 Å². The molecule has 0 saturated carbocycles. The van der Waals surface area contributed by atoms with E-state index < -0.39 is 46.3 Å². The molecule has 4 aromatic rings. The lowest BCUT2D eigenvalue weighted by molar-refractivity contribution is -0.140. The van der Waals surface area contributed by atoms with Gasteiger partial charge in [0.15, 0.2) is 12.6 Å². The Balaban J connectivity index is 1.30. The molecule has 3 fully saturated rings. The molecular weight excluding hydrogens is 742 g/mol. The minimum atomic E-state index is -1.30. The van der Waals surface area contributed by atoms with Gasteiger partial charge in [-0.05, 0) is 88.9 Å². The summed E-state index contributed by atoms with van der Waals surface area (Å²) >= 11 is 0. The first-order valence-corrected chi connectivity index (χ1v) is 18.9. The maximum absolute atomic E-state index is 17.2. The molecular formula is C41H48F2N6O8. The summed E-state index contributed by atoms with van der Waals surface area (Å²) in [4.78, 5) is 52.9. The Bertz CT molecular complexity index is 2220. The lowest BCUT2D eigenvalue weighted by Gasteiger charge is -2.47. The molecule has 0 aliphatic carbocycles. The Hall–Kier alpha value is -5.51. The van der Waals surface area contributed by atoms with Gasteiger partial charge in [-0.15, -0.1) is 0 Å². The summed E-state index contributed by atoms with van der Waals surface area (Å²) in [6, 6.07) is 10.9. The van der Waals surface area contributed by atoms with Crippen LogP contribution >= 0.6 is 0 Å². The van der Waals surface area contributed by atoms with E-state index in [9.17, 15) is 14.4 Å². The van der Waals surface area contributed by atoms with Crippen LogP contribution in [-0.2, 0) is 19.0 Å². The number of aromatic nitrogens is 2. The number of nitrogens with two attached hydrogens (primary N) is 1. The molecule has 2 atom stereocenters. The van der Waals surface area contributed by atoms with Crippen LogP contribution in [0.5, 0.6) is 11.8 Å². The highest BCUT2D eigenvalue weighted by Gasteiger charge is 2.52. The van der Waals surface area contributed by atoms with Crippen molar-refractivity contribution < 1.29 is 46.8 Å². The Morgan fingerprint density at radius 1 is 0.877 bits per heavy atom. The Labute approximate surface area is 329 Å². The molecule has 304 valence electrons. The third-order valence-electron chi connectivity index (χ3n) is 10.3. The SMILES string of the molecule is COCOc1cc(-c2c(F)cc3c(N4CC5CCC(C4)N5C(=O)OC(C)(C)C)nc(OCC4(C(N)=O)CN(C(=O)OC(C)(C)C)C4)nc3c2F)c2ccccc2c1. The highest BCUT2D eigenvalue weighted by atomic mass is 19.1. The van der Waals surface area contributed by atoms with Crippen molar-refractivity contribution in [2.24, 2.45) is 11.1 Å². The number of hydrogen-bond acceptors (Lipinski definition) is 11. The number of benzene rings is 3. The van der Waals surface area contributed by atoms with Crippen molar-refractivity contribution in [3.05, 3.63) is 54.1 Å². The van der Waals surface area contributed by atoms with Crippen molar-refractivity contribution in [1.82, 2.24) is 19.8 Å². The molecule has 1 aromatic heterocycles. The number of halogens is 2. The summed E-state index contributed by atoms with van der Waals surface area (Å²) in [7, 11) is 1.47. The number of ether oxygens (including phenoxy) is 5. The topological polar surface area (TPSA) is 159 Å². The van der Waals surface area contributed by atoms with Crippen LogP contribution in [0.1, 0.15) is 54.4 Å². The molecule has 7 rings (SSSR count). The van der Waals surface area contributed by atoms with Crippen LogP contribution < -0.4 is 20.1 Å². The summed E-state index contributed by atoms with van der Waals surface area (Å²) in [5, 5.41) is 1.35. The van der Waals surface area contributed by atoms with Crippen LogP contribution in [-0.4, -0.2) is 108 Å². The molecule has 16 heteroatoms. The van der Waals surface area contributed by atoms with Crippen LogP contribution in [0.4, 0.5) is 24.2 Å². The van der Waals surface area contributed by atoms with E-state index in [2.05, 4.69) is 9.97 Å². The normalized spacial score (nSPS) is 19.1. The van der Waals surface area contributed by atoms with Crippen molar-refractivity contribution in [1.29, 1.82) is 0 Å². The first kappa shape index (κ1) is 39.7. The average molecular weight is 791 g/mol. The standard InChI is InChI=1S/C41H48F2N6O8/c1-39(2,3)56-37(51)48-19-41(20-48,35(44)50)21-54-36-45-33-29(34(46-36)47-17-24-12-13-25(18-47)49(24)38(52)57-40(4,5)6)16-30(42)31(32(33)43)28-15-26(55-22-53-7)14-23-10-8-9-11-27(23)28/h8-11,14-16,24-25H,12-13,17-22H2,1-7H3,(H2,44,50). The second kappa shape index (κ2) is 14.8. The van der Waals surface area contributed by atoms with E-state index >= 15 is 8.78 Å². The molecule has 57 heavy (non-hydrogen) atoms. The summed E-state index contributed by atoms with van der Waals surface area (Å²) in [6.45, 7) is 10.7. The zero-order valence-corrected chi connectivity index (χ0v) is 33.2. The zero-order chi connectivity index (χ0) is 41.0. The number of likely N-dealkylation sites (tertiary alicyclic amines) is 1. The molecule has 3 amide bonds. The first-order valence-electron chi connectivity index (χ1n) is 18.9. The van der Waals surface area contributed by atoms with Gasteiger partial charge >= 0.3 is 18.2 Å². The summed E-state index contributed by atoms with van der Waals surface area (Å²) in [6.07, 6.45) is 0.367. The molecule has 3 aromatic carbocycles. The molecule has 0 spiro atoms. The summed E-state index contributed by atoms with van der Waals surface area (Å²) in [5.41, 5.74) is 2.76. The van der Waals surface area contributed by atoms with Gasteiger partial charge in [-0.2, -0.15) is 9.97 Å². The van der Waals surface area contributed by atoms with Gasteiger partial charge in [-0.25, -0.2) is 18.4 Å². The van der Waals surface area contributed by atoms with Crippen LogP contribution in [0.2, 0.25) is 0 Å². The fraction of sp³-hybridized carbons (Fsp3) is 0.488. The zero-order valence-electron chi connectivity index (χ0n) is 33.2. The number of anilines is 1. The molecule has 4 heterocycles. The average Bonchev–Trinajstić information content (AvgIpc) is 3.37. The number of hydrogen-bond donors (Lipinski definition) is 1. The van der Waals surface area contributed by atoms with Crippen molar-refractivity contribution in [3.63, 3.8) is 0 Å². The minimum Gasteiger partial charge on any atom is -0.468 e. The highest BCUT2D eigenvalue weighted by molar-refractivity contribution is 6.01. The molecule has 2 bridgehead atoms. The number of methoxy groups -OCH3 is 1. The van der Waals surface area contributed by atoms with Crippen LogP contribution in [0.15, 0.2) is 42.5 Å². The van der Waals surface area contributed by atoms with E-state index in [1.807, 2.05) is 37.8 Å². The fourth-order valence-corrected chi connectivity index (χ4v) is 7.76. The van der Waals surface area contributed by atoms with Crippen molar-refractivity contribution in [3.8, 4) is 22.9 Å². The van der Waals surface area contributed by atoms with E-state index in [-0.39, 0.29) is 72.4 Å². The third-order valence-corrected chi connectivity index (χ3v) is 10.3. The maximum Gasteiger partial charge on any atom is 0.410 e. The predicted molar refractivity (Wildman–Crippen MR) is 207 cm³/mol. The van der Waals surface area contributed by atoms with Gasteiger partial charge in [-0.1, -0.05) is 24.3 Å². The van der Waals surface area contributed by atoms with Crippen molar-refractivity contribution in [2.45, 2.75) is 77.7 Å². The van der Waals surface area contributed by atoms with Crippen molar-refractivity contribution >= 4 is 45.6 Å². The predicted octanol–water partition coefficient (Wildman–Crippen LogP) is 6.40. The number of nitrogens with zero attached hydrogens (tertiary/aromatic N) is 5. The molecule has 14 nitrogen and oxygen atoms in total. The summed E-state index contributed by atoms with van der Waals surface area (Å²) < 4.78 is 61.9. The number of carbonyl (C=O) groups excluding carboxylic acids is 3. The van der Waals surface area contributed by atoms with Gasteiger partial charge in [-0.3, -0.25) is 9.69 Å². The van der Waals surface area contributed by atoms with E-state index in [1.165, 1.54) is 18.1 Å². The number of fused-ring (bicyclic) bond motifs is 4. The smallest absolute Gasteiger partial charge is 0.410 e. The number of amides is 3. The van der Waals surface area contributed by atoms with Gasteiger partial charge in [0.2, 0.25) is 5.91 Å². The number of primary amides is 1. The second-order valence-corrected chi connectivity index (χ2v) is 17.0. The molecule has 2 unspecified atom stereocenters. The lowest BCUT2D eigenvalue weighted by Crippen LogP contribution is -2.66. The Kier molecular flexibility index (Phi) is 10.3. The van der Waals surface area contributed by atoms with Crippen LogP contribution in [0, 0.1) is 17.0 Å². The highest BCUT2D eigenvalue weighted by Crippen LogP contribution is 2.42. The number of piperazine rings is 1. The van der Waals surface area contributed by atoms with Gasteiger partial charge in [0.1, 0.15) is 46.1 Å². The molecule has 2 N–H and O–H groups in total. The van der Waals surface area contributed by atoms with Gasteiger partial charge in [0.25, 0.3) is 0 Å². The van der Waals surface area contributed by atoms with E-state index in [1.54, 1.807) is 49.9 Å². The fourth-order valence-electron chi connectivity index (χ4n) is 7.76. The molecule has 0 radical (unpaired) electrons. The maximum atomic E-state index is 17.2. The molecule has 3 aliphatic rings. The lowest BCUT2D eigenvalue weighted by atomic mass is 9.80. The molecule has 3 saturated heterocycles. The van der Waals surface area contributed by atoms with Crippen LogP contribution in [0.3, 0.4) is 0 Å². The van der Waals surface area contributed by atoms with Gasteiger partial charge < -0.3 is 39.2 Å². The number of rotatable bonds is 9. The van der Waals surface area contributed by atoms with Gasteiger partial charge in [0.05, 0.1) is 17.6 Å². The molecule has 3 aliphatic heterocycles. The monoisotopic (exact) mass is 790 g/mol. The number of carbonyl (C=O) groups is 3. The second-order valence-electron chi connectivity index (χ2n) is 17.0. The first-order chi connectivity index (χ1) is 26.9. The quantitative estimate of drug-likeness (QED) is 0.187. The Morgan fingerprint density at radius 3 is 2.16 bits per heavy atom. The van der Waals surface area contributed by atoms with E-state index in [4.69, 9.17) is 29.4 Å². The van der Waals surface area contributed by atoms with Crippen LogP contribution in [0.25, 0.3) is 32.8 Å². The third kappa shape index (κ3) is 7.91.